The number of rotatable bonds is 3. The quantitative estimate of drug-likeness (QED) is 0.933. The standard InChI is InChI=1S/C11H13BrN6/c1-6(13)10-16-9(7-2-3-7)17-18(10)11-14-4-8(12)5-15-11/h4-7H,2-3,13H2,1H3/t6-/m0/s1. The van der Waals surface area contributed by atoms with Crippen LogP contribution >= 0.6 is 15.9 Å². The zero-order valence-corrected chi connectivity index (χ0v) is 11.5. The van der Waals surface area contributed by atoms with Crippen molar-refractivity contribution in [3.8, 4) is 5.95 Å². The molecule has 2 aromatic heterocycles. The summed E-state index contributed by atoms with van der Waals surface area (Å²) in [5.41, 5.74) is 5.93. The maximum absolute atomic E-state index is 5.93. The first-order chi connectivity index (χ1) is 8.65. The molecule has 94 valence electrons. The predicted molar refractivity (Wildman–Crippen MR) is 69.2 cm³/mol. The Kier molecular flexibility index (Phi) is 2.87. The molecular weight excluding hydrogens is 296 g/mol. The smallest absolute Gasteiger partial charge is 0.252 e. The van der Waals surface area contributed by atoms with Crippen LogP contribution in [-0.4, -0.2) is 24.7 Å². The van der Waals surface area contributed by atoms with Crippen molar-refractivity contribution in [1.82, 2.24) is 24.7 Å². The van der Waals surface area contributed by atoms with Gasteiger partial charge in [0, 0.05) is 18.3 Å². The summed E-state index contributed by atoms with van der Waals surface area (Å²) in [7, 11) is 0. The van der Waals surface area contributed by atoms with Crippen molar-refractivity contribution >= 4 is 15.9 Å². The zero-order valence-electron chi connectivity index (χ0n) is 9.91. The molecule has 0 amide bonds. The summed E-state index contributed by atoms with van der Waals surface area (Å²) >= 11 is 3.31. The molecule has 6 nitrogen and oxygen atoms in total. The maximum atomic E-state index is 5.93. The largest absolute Gasteiger partial charge is 0.322 e. The van der Waals surface area contributed by atoms with E-state index in [1.807, 2.05) is 6.92 Å². The minimum Gasteiger partial charge on any atom is -0.322 e. The van der Waals surface area contributed by atoms with Gasteiger partial charge in [0.25, 0.3) is 5.95 Å². The number of nitrogens with two attached hydrogens (primary N) is 1. The molecule has 1 aliphatic rings. The minimum absolute atomic E-state index is 0.197. The molecular formula is C11H13BrN6. The highest BCUT2D eigenvalue weighted by atomic mass is 79.9. The molecule has 1 aliphatic carbocycles. The van der Waals surface area contributed by atoms with Crippen LogP contribution in [0.2, 0.25) is 0 Å². The van der Waals surface area contributed by atoms with Gasteiger partial charge in [-0.2, -0.15) is 4.68 Å². The molecule has 0 radical (unpaired) electrons. The fourth-order valence-electron chi connectivity index (χ4n) is 1.71. The molecule has 1 atom stereocenters. The van der Waals surface area contributed by atoms with Gasteiger partial charge in [0.2, 0.25) is 0 Å². The van der Waals surface area contributed by atoms with E-state index in [2.05, 4.69) is 36.0 Å². The van der Waals surface area contributed by atoms with Crippen LogP contribution in [0, 0.1) is 0 Å². The van der Waals surface area contributed by atoms with Crippen LogP contribution < -0.4 is 5.73 Å². The molecule has 7 heteroatoms. The van der Waals surface area contributed by atoms with E-state index >= 15 is 0 Å². The Balaban J connectivity index is 2.05. The van der Waals surface area contributed by atoms with Crippen molar-refractivity contribution in [2.24, 2.45) is 5.73 Å². The van der Waals surface area contributed by atoms with Gasteiger partial charge >= 0.3 is 0 Å². The fourth-order valence-corrected chi connectivity index (χ4v) is 1.92. The maximum Gasteiger partial charge on any atom is 0.252 e. The molecule has 0 unspecified atom stereocenters. The van der Waals surface area contributed by atoms with Gasteiger partial charge in [-0.05, 0) is 35.7 Å². The van der Waals surface area contributed by atoms with Crippen molar-refractivity contribution in [2.75, 3.05) is 0 Å². The van der Waals surface area contributed by atoms with Crippen molar-refractivity contribution in [1.29, 1.82) is 0 Å². The van der Waals surface area contributed by atoms with Crippen molar-refractivity contribution in [3.63, 3.8) is 0 Å². The van der Waals surface area contributed by atoms with E-state index in [1.54, 1.807) is 17.1 Å². The molecule has 2 aromatic rings. The van der Waals surface area contributed by atoms with Crippen molar-refractivity contribution in [3.05, 3.63) is 28.5 Å². The highest BCUT2D eigenvalue weighted by molar-refractivity contribution is 9.10. The molecule has 2 heterocycles. The van der Waals surface area contributed by atoms with Crippen molar-refractivity contribution in [2.45, 2.75) is 31.7 Å². The van der Waals surface area contributed by atoms with Gasteiger partial charge in [-0.1, -0.05) is 0 Å². The summed E-state index contributed by atoms with van der Waals surface area (Å²) in [6, 6.07) is -0.197. The Hall–Kier alpha value is -1.34. The van der Waals surface area contributed by atoms with Crippen molar-refractivity contribution < 1.29 is 0 Å². The van der Waals surface area contributed by atoms with Gasteiger partial charge in [-0.3, -0.25) is 0 Å². The molecule has 0 spiro atoms. The van der Waals surface area contributed by atoms with E-state index in [9.17, 15) is 0 Å². The number of nitrogens with zero attached hydrogens (tertiary/aromatic N) is 5. The number of hydrogen-bond donors (Lipinski definition) is 1. The van der Waals surface area contributed by atoms with Gasteiger partial charge < -0.3 is 5.73 Å². The number of hydrogen-bond acceptors (Lipinski definition) is 5. The van der Waals surface area contributed by atoms with E-state index in [4.69, 9.17) is 5.73 Å². The Morgan fingerprint density at radius 3 is 2.61 bits per heavy atom. The minimum atomic E-state index is -0.197. The van der Waals surface area contributed by atoms with Crippen LogP contribution in [0.25, 0.3) is 5.95 Å². The van der Waals surface area contributed by atoms with E-state index < -0.39 is 0 Å². The van der Waals surface area contributed by atoms with E-state index in [-0.39, 0.29) is 6.04 Å². The normalized spacial score (nSPS) is 16.8. The molecule has 3 rings (SSSR count). The molecule has 0 bridgehead atoms. The Bertz CT molecular complexity index is 557. The van der Waals surface area contributed by atoms with Crippen LogP contribution in [0.1, 0.15) is 43.4 Å². The van der Waals surface area contributed by atoms with E-state index in [0.29, 0.717) is 17.7 Å². The van der Waals surface area contributed by atoms with Crippen LogP contribution in [0.15, 0.2) is 16.9 Å². The topological polar surface area (TPSA) is 82.5 Å². The Morgan fingerprint density at radius 2 is 2.06 bits per heavy atom. The highest BCUT2D eigenvalue weighted by Crippen LogP contribution is 2.38. The number of aromatic nitrogens is 5. The third-order valence-corrected chi connectivity index (χ3v) is 3.20. The lowest BCUT2D eigenvalue weighted by molar-refractivity contribution is 0.667. The van der Waals surface area contributed by atoms with Crippen LogP contribution in [0.5, 0.6) is 0 Å². The zero-order chi connectivity index (χ0) is 12.7. The summed E-state index contributed by atoms with van der Waals surface area (Å²) in [6.07, 6.45) is 5.69. The third kappa shape index (κ3) is 2.15. The fraction of sp³-hybridized carbons (Fsp3) is 0.455. The first-order valence-corrected chi connectivity index (χ1v) is 6.65. The van der Waals surface area contributed by atoms with Gasteiger partial charge in [-0.25, -0.2) is 15.0 Å². The molecule has 0 aromatic carbocycles. The summed E-state index contributed by atoms with van der Waals surface area (Å²) in [6.45, 7) is 1.88. The van der Waals surface area contributed by atoms with Crippen LogP contribution in [0.3, 0.4) is 0 Å². The summed E-state index contributed by atoms with van der Waals surface area (Å²) in [5.74, 6) is 2.55. The van der Waals surface area contributed by atoms with Gasteiger partial charge in [0.1, 0.15) is 0 Å². The summed E-state index contributed by atoms with van der Waals surface area (Å²) in [5, 5.41) is 4.48. The average molecular weight is 309 g/mol. The van der Waals surface area contributed by atoms with Gasteiger partial charge in [0.05, 0.1) is 10.5 Å². The second-order valence-electron chi connectivity index (χ2n) is 4.50. The van der Waals surface area contributed by atoms with E-state index in [0.717, 1.165) is 23.1 Å². The molecule has 2 N–H and O–H groups in total. The Labute approximate surface area is 113 Å². The Morgan fingerprint density at radius 1 is 1.39 bits per heavy atom. The van der Waals surface area contributed by atoms with Crippen LogP contribution in [0.4, 0.5) is 0 Å². The molecule has 0 saturated heterocycles. The number of halogens is 1. The van der Waals surface area contributed by atoms with Gasteiger partial charge in [-0.15, -0.1) is 5.10 Å². The first kappa shape index (κ1) is 11.7. The first-order valence-electron chi connectivity index (χ1n) is 5.85. The second-order valence-corrected chi connectivity index (χ2v) is 5.42. The molecule has 18 heavy (non-hydrogen) atoms. The SMILES string of the molecule is C[C@H](N)c1nc(C2CC2)nn1-c1ncc(Br)cn1. The summed E-state index contributed by atoms with van der Waals surface area (Å²) < 4.78 is 2.47. The lowest BCUT2D eigenvalue weighted by Gasteiger charge is -2.05. The lowest BCUT2D eigenvalue weighted by atomic mass is 10.3. The molecule has 1 fully saturated rings. The lowest BCUT2D eigenvalue weighted by Crippen LogP contribution is -2.15. The highest BCUT2D eigenvalue weighted by Gasteiger charge is 2.30. The average Bonchev–Trinajstić information content (AvgIpc) is 3.09. The molecule has 1 saturated carbocycles. The third-order valence-electron chi connectivity index (χ3n) is 2.79. The molecule has 0 aliphatic heterocycles. The second kappa shape index (κ2) is 4.40. The summed E-state index contributed by atoms with van der Waals surface area (Å²) in [4.78, 5) is 13.0. The van der Waals surface area contributed by atoms with Gasteiger partial charge in [0.15, 0.2) is 11.6 Å². The predicted octanol–water partition coefficient (Wildman–Crippen LogP) is 1.72. The van der Waals surface area contributed by atoms with E-state index in [1.165, 1.54) is 0 Å². The monoisotopic (exact) mass is 308 g/mol. The van der Waals surface area contributed by atoms with Crippen LogP contribution in [-0.2, 0) is 0 Å².